The van der Waals surface area contributed by atoms with Gasteiger partial charge in [-0.1, -0.05) is 50.6 Å². The molecule has 0 spiro atoms. The highest BCUT2D eigenvalue weighted by molar-refractivity contribution is 6.10. The molecule has 1 saturated heterocycles. The van der Waals surface area contributed by atoms with Gasteiger partial charge in [-0.05, 0) is 42.7 Å². The summed E-state index contributed by atoms with van der Waals surface area (Å²) in [6.07, 6.45) is 2.09. The van der Waals surface area contributed by atoms with Crippen molar-refractivity contribution in [2.45, 2.75) is 38.6 Å². The third-order valence-electron chi connectivity index (χ3n) is 5.41. The van der Waals surface area contributed by atoms with Gasteiger partial charge in [0.25, 0.3) is 5.91 Å². The normalized spacial score (nSPS) is 17.8. The number of ether oxygens (including phenoxy) is 1. The number of anilines is 1. The van der Waals surface area contributed by atoms with E-state index in [0.29, 0.717) is 29.8 Å². The molecule has 1 heterocycles. The molecule has 0 bridgehead atoms. The van der Waals surface area contributed by atoms with E-state index in [-0.39, 0.29) is 0 Å². The zero-order chi connectivity index (χ0) is 23.1. The summed E-state index contributed by atoms with van der Waals surface area (Å²) in [7, 11) is 0. The van der Waals surface area contributed by atoms with Crippen molar-refractivity contribution in [3.8, 4) is 0 Å². The molecule has 0 unspecified atom stereocenters. The molecule has 1 aliphatic rings. The maximum absolute atomic E-state index is 13.1. The fourth-order valence-corrected chi connectivity index (χ4v) is 3.56. The van der Waals surface area contributed by atoms with Crippen LogP contribution in [0.3, 0.4) is 0 Å². The van der Waals surface area contributed by atoms with Crippen LogP contribution >= 0.6 is 0 Å². The quantitative estimate of drug-likeness (QED) is 0.355. The minimum Gasteiger partial charge on any atom is -0.462 e. The van der Waals surface area contributed by atoms with Gasteiger partial charge in [0.05, 0.1) is 12.2 Å². The summed E-state index contributed by atoms with van der Waals surface area (Å²) < 4.78 is 5.15. The standard InChI is InChI=1S/C24H27N3O5/c1-3-5-15-32-21(29)17-11-13-19(14-12-17)25-20(28)16-27-22(30)24(4-2,26-23(27)31)18-9-7-6-8-10-18/h6-14H,3-5,15-16H2,1-2H3,(H,25,28)(H,26,31)/t24-/m0/s1. The van der Waals surface area contributed by atoms with Crippen LogP contribution in [0.1, 0.15) is 49.0 Å². The van der Waals surface area contributed by atoms with Crippen LogP contribution in [0.5, 0.6) is 0 Å². The molecule has 8 heteroatoms. The zero-order valence-electron chi connectivity index (χ0n) is 18.2. The second-order valence-corrected chi connectivity index (χ2v) is 7.56. The molecule has 8 nitrogen and oxygen atoms in total. The molecule has 4 amide bonds. The summed E-state index contributed by atoms with van der Waals surface area (Å²) in [5.74, 6) is -1.41. The number of imide groups is 1. The van der Waals surface area contributed by atoms with E-state index in [1.54, 1.807) is 48.5 Å². The largest absolute Gasteiger partial charge is 0.462 e. The smallest absolute Gasteiger partial charge is 0.338 e. The summed E-state index contributed by atoms with van der Waals surface area (Å²) in [5, 5.41) is 5.40. The lowest BCUT2D eigenvalue weighted by Gasteiger charge is -2.25. The van der Waals surface area contributed by atoms with Crippen LogP contribution in [0.2, 0.25) is 0 Å². The number of unbranched alkanes of at least 4 members (excludes halogenated alkanes) is 1. The van der Waals surface area contributed by atoms with Crippen molar-refractivity contribution in [2.24, 2.45) is 0 Å². The van der Waals surface area contributed by atoms with Crippen molar-refractivity contribution >= 4 is 29.5 Å². The number of hydrogen-bond acceptors (Lipinski definition) is 5. The second-order valence-electron chi connectivity index (χ2n) is 7.56. The minimum absolute atomic E-state index is 0.357. The van der Waals surface area contributed by atoms with Gasteiger partial charge in [0.2, 0.25) is 5.91 Å². The van der Waals surface area contributed by atoms with Crippen LogP contribution in [0.15, 0.2) is 54.6 Å². The number of carbonyl (C=O) groups is 4. The Kier molecular flexibility index (Phi) is 7.25. The first-order valence-electron chi connectivity index (χ1n) is 10.7. The highest BCUT2D eigenvalue weighted by Gasteiger charge is 2.51. The van der Waals surface area contributed by atoms with Gasteiger partial charge < -0.3 is 15.4 Å². The summed E-state index contributed by atoms with van der Waals surface area (Å²) in [5.41, 5.74) is 0.309. The van der Waals surface area contributed by atoms with Crippen LogP contribution < -0.4 is 10.6 Å². The van der Waals surface area contributed by atoms with E-state index < -0.39 is 35.9 Å². The Hall–Kier alpha value is -3.68. The third kappa shape index (κ3) is 4.80. The number of amides is 4. The predicted octanol–water partition coefficient (Wildman–Crippen LogP) is 3.44. The number of hydrogen-bond donors (Lipinski definition) is 2. The predicted molar refractivity (Wildman–Crippen MR) is 119 cm³/mol. The Labute approximate surface area is 186 Å². The first-order valence-corrected chi connectivity index (χ1v) is 10.7. The highest BCUT2D eigenvalue weighted by atomic mass is 16.5. The lowest BCUT2D eigenvalue weighted by Crippen LogP contribution is -2.44. The van der Waals surface area contributed by atoms with Gasteiger partial charge in [-0.15, -0.1) is 0 Å². The number of rotatable bonds is 9. The SMILES string of the molecule is CCCCOC(=O)c1ccc(NC(=O)CN2C(=O)N[C@@](CC)(c3ccccc3)C2=O)cc1. The van der Waals surface area contributed by atoms with Gasteiger partial charge in [0.15, 0.2) is 0 Å². The van der Waals surface area contributed by atoms with Crippen LogP contribution in [-0.2, 0) is 19.9 Å². The number of nitrogens with zero attached hydrogens (tertiary/aromatic N) is 1. The van der Waals surface area contributed by atoms with E-state index in [0.717, 1.165) is 17.7 Å². The summed E-state index contributed by atoms with van der Waals surface area (Å²) in [6.45, 7) is 3.76. The lowest BCUT2D eigenvalue weighted by molar-refractivity contribution is -0.134. The molecule has 0 saturated carbocycles. The molecule has 3 rings (SSSR count). The lowest BCUT2D eigenvalue weighted by atomic mass is 9.87. The molecule has 2 N–H and O–H groups in total. The van der Waals surface area contributed by atoms with Crippen LogP contribution in [0.25, 0.3) is 0 Å². The Morgan fingerprint density at radius 3 is 2.34 bits per heavy atom. The molecule has 1 atom stereocenters. The Morgan fingerprint density at radius 2 is 1.72 bits per heavy atom. The molecule has 168 valence electrons. The molecule has 1 aliphatic heterocycles. The van der Waals surface area contributed by atoms with Gasteiger partial charge in [-0.2, -0.15) is 0 Å². The van der Waals surface area contributed by atoms with E-state index in [2.05, 4.69) is 10.6 Å². The summed E-state index contributed by atoms with van der Waals surface area (Å²) in [6, 6.07) is 14.6. The third-order valence-corrected chi connectivity index (χ3v) is 5.41. The number of benzene rings is 2. The van der Waals surface area contributed by atoms with E-state index in [4.69, 9.17) is 4.74 Å². The molecule has 32 heavy (non-hydrogen) atoms. The fourth-order valence-electron chi connectivity index (χ4n) is 3.56. The van der Waals surface area contributed by atoms with Gasteiger partial charge in [0, 0.05) is 5.69 Å². The van der Waals surface area contributed by atoms with Crippen LogP contribution in [0, 0.1) is 0 Å². The maximum Gasteiger partial charge on any atom is 0.338 e. The zero-order valence-corrected chi connectivity index (χ0v) is 18.2. The first kappa shape index (κ1) is 23.0. The van der Waals surface area contributed by atoms with Crippen molar-refractivity contribution in [3.05, 3.63) is 65.7 Å². The molecule has 2 aromatic rings. The van der Waals surface area contributed by atoms with Gasteiger partial charge in [-0.25, -0.2) is 9.59 Å². The van der Waals surface area contributed by atoms with Crippen molar-refractivity contribution in [1.82, 2.24) is 10.2 Å². The maximum atomic E-state index is 13.1. The molecule has 0 radical (unpaired) electrons. The van der Waals surface area contributed by atoms with Crippen molar-refractivity contribution in [3.63, 3.8) is 0 Å². The molecule has 0 aromatic heterocycles. The van der Waals surface area contributed by atoms with Crippen molar-refractivity contribution < 1.29 is 23.9 Å². The average Bonchev–Trinajstić information content (AvgIpc) is 3.05. The van der Waals surface area contributed by atoms with E-state index in [9.17, 15) is 19.2 Å². The summed E-state index contributed by atoms with van der Waals surface area (Å²) in [4.78, 5) is 51.0. The van der Waals surface area contributed by atoms with E-state index in [1.165, 1.54) is 0 Å². The van der Waals surface area contributed by atoms with Crippen LogP contribution in [-0.4, -0.2) is 41.9 Å². The Bertz CT molecular complexity index is 990. The minimum atomic E-state index is -1.18. The van der Waals surface area contributed by atoms with Gasteiger partial charge in [0.1, 0.15) is 12.1 Å². The Balaban J connectivity index is 1.63. The van der Waals surface area contributed by atoms with Gasteiger partial charge in [-0.3, -0.25) is 14.5 Å². The Morgan fingerprint density at radius 1 is 1.03 bits per heavy atom. The molecule has 0 aliphatic carbocycles. The number of carbonyl (C=O) groups excluding carboxylic acids is 4. The molecule has 1 fully saturated rings. The highest BCUT2D eigenvalue weighted by Crippen LogP contribution is 2.32. The number of nitrogens with one attached hydrogen (secondary N) is 2. The molecule has 2 aromatic carbocycles. The monoisotopic (exact) mass is 437 g/mol. The number of esters is 1. The van der Waals surface area contributed by atoms with Crippen LogP contribution in [0.4, 0.5) is 10.5 Å². The van der Waals surface area contributed by atoms with E-state index >= 15 is 0 Å². The van der Waals surface area contributed by atoms with Crippen molar-refractivity contribution in [2.75, 3.05) is 18.5 Å². The van der Waals surface area contributed by atoms with Gasteiger partial charge >= 0.3 is 12.0 Å². The van der Waals surface area contributed by atoms with E-state index in [1.807, 2.05) is 19.9 Å². The average molecular weight is 437 g/mol. The molecular weight excluding hydrogens is 410 g/mol. The first-order chi connectivity index (χ1) is 15.4. The number of urea groups is 1. The second kappa shape index (κ2) is 10.1. The fraction of sp³-hybridized carbons (Fsp3) is 0.333. The molecular formula is C24H27N3O5. The van der Waals surface area contributed by atoms with Crippen molar-refractivity contribution in [1.29, 1.82) is 0 Å². The summed E-state index contributed by atoms with van der Waals surface area (Å²) >= 11 is 0. The topological polar surface area (TPSA) is 105 Å².